The summed E-state index contributed by atoms with van der Waals surface area (Å²) in [5.41, 5.74) is 0. The van der Waals surface area contributed by atoms with E-state index in [-0.39, 0.29) is 16.8 Å². The lowest BCUT2D eigenvalue weighted by Crippen LogP contribution is -2.46. The molecular weight excluding hydrogens is 344 g/mol. The fourth-order valence-corrected chi connectivity index (χ4v) is 4.93. The first-order chi connectivity index (χ1) is 12.1. The van der Waals surface area contributed by atoms with Crippen LogP contribution in [0, 0.1) is 0 Å². The van der Waals surface area contributed by atoms with Crippen molar-refractivity contribution in [2.45, 2.75) is 49.1 Å². The van der Waals surface area contributed by atoms with Gasteiger partial charge in [0.15, 0.2) is 11.5 Å². The Morgan fingerprint density at radius 3 is 2.60 bits per heavy atom. The highest BCUT2D eigenvalue weighted by Crippen LogP contribution is 2.34. The van der Waals surface area contributed by atoms with Gasteiger partial charge >= 0.3 is 0 Å². The van der Waals surface area contributed by atoms with Crippen LogP contribution in [0.3, 0.4) is 0 Å². The van der Waals surface area contributed by atoms with Crippen molar-refractivity contribution in [3.63, 3.8) is 0 Å². The molecule has 0 bridgehead atoms. The van der Waals surface area contributed by atoms with Crippen LogP contribution in [0.4, 0.5) is 0 Å². The van der Waals surface area contributed by atoms with Crippen molar-refractivity contribution in [2.75, 3.05) is 19.8 Å². The second-order valence-electron chi connectivity index (χ2n) is 6.72. The maximum Gasteiger partial charge on any atom is 0.243 e. The molecule has 136 valence electrons. The van der Waals surface area contributed by atoms with Crippen molar-refractivity contribution in [1.82, 2.24) is 9.62 Å². The molecule has 1 saturated carbocycles. The molecule has 0 unspecified atom stereocenters. The molecule has 0 aromatic heterocycles. The number of sulfonamides is 1. The van der Waals surface area contributed by atoms with E-state index in [0.717, 1.165) is 19.3 Å². The minimum absolute atomic E-state index is 0.142. The van der Waals surface area contributed by atoms with Gasteiger partial charge in [-0.1, -0.05) is 0 Å². The number of ether oxygens (including phenoxy) is 2. The molecule has 1 atom stereocenters. The number of nitrogens with zero attached hydrogens (tertiary/aromatic N) is 1. The Balaban J connectivity index is 1.59. The molecule has 25 heavy (non-hydrogen) atoms. The van der Waals surface area contributed by atoms with Crippen LogP contribution in [-0.4, -0.2) is 50.5 Å². The molecule has 3 aliphatic rings. The predicted octanol–water partition coefficient (Wildman–Crippen LogP) is 1.28. The third-order valence-corrected chi connectivity index (χ3v) is 6.66. The first kappa shape index (κ1) is 16.7. The molecule has 4 rings (SSSR count). The molecule has 1 saturated heterocycles. The van der Waals surface area contributed by atoms with Crippen molar-refractivity contribution in [3.05, 3.63) is 18.2 Å². The number of hydrogen-bond acceptors (Lipinski definition) is 5. The molecule has 2 heterocycles. The van der Waals surface area contributed by atoms with Gasteiger partial charge in [0, 0.05) is 25.1 Å². The van der Waals surface area contributed by atoms with Crippen molar-refractivity contribution in [2.24, 2.45) is 0 Å². The van der Waals surface area contributed by atoms with Gasteiger partial charge in [0.05, 0.1) is 18.1 Å². The summed E-state index contributed by atoms with van der Waals surface area (Å²) in [6.45, 7) is 1.40. The lowest BCUT2D eigenvalue weighted by molar-refractivity contribution is -0.124. The Morgan fingerprint density at radius 2 is 1.84 bits per heavy atom. The van der Waals surface area contributed by atoms with E-state index in [1.807, 2.05) is 0 Å². The average Bonchev–Trinajstić information content (AvgIpc) is 3.31. The number of amides is 1. The first-order valence-electron chi connectivity index (χ1n) is 8.77. The molecule has 2 fully saturated rings. The number of benzene rings is 1. The van der Waals surface area contributed by atoms with E-state index in [1.165, 1.54) is 16.4 Å². The summed E-state index contributed by atoms with van der Waals surface area (Å²) in [5, 5.41) is 2.92. The second kappa shape index (κ2) is 6.49. The zero-order chi connectivity index (χ0) is 17.4. The number of hydrogen-bond donors (Lipinski definition) is 1. The summed E-state index contributed by atoms with van der Waals surface area (Å²) < 4.78 is 38.6. The molecule has 0 radical (unpaired) electrons. The van der Waals surface area contributed by atoms with Crippen molar-refractivity contribution >= 4 is 15.9 Å². The van der Waals surface area contributed by atoms with E-state index in [1.54, 1.807) is 6.07 Å². The summed E-state index contributed by atoms with van der Waals surface area (Å²) in [6.07, 6.45) is 3.96. The van der Waals surface area contributed by atoms with Crippen LogP contribution in [0.2, 0.25) is 0 Å². The van der Waals surface area contributed by atoms with Crippen molar-refractivity contribution < 1.29 is 22.7 Å². The largest absolute Gasteiger partial charge is 0.490 e. The number of rotatable bonds is 4. The summed E-state index contributed by atoms with van der Waals surface area (Å²) >= 11 is 0. The summed E-state index contributed by atoms with van der Waals surface area (Å²) in [7, 11) is -3.76. The van der Waals surface area contributed by atoms with Crippen LogP contribution in [-0.2, 0) is 14.8 Å². The molecule has 1 amide bonds. The van der Waals surface area contributed by atoms with Crippen LogP contribution in [0.5, 0.6) is 11.5 Å². The second-order valence-corrected chi connectivity index (χ2v) is 8.61. The van der Waals surface area contributed by atoms with E-state index >= 15 is 0 Å². The number of carbonyl (C=O) groups is 1. The normalized spacial score (nSPS) is 23.9. The Kier molecular flexibility index (Phi) is 4.33. The highest BCUT2D eigenvalue weighted by Gasteiger charge is 2.41. The fraction of sp³-hybridized carbons (Fsp3) is 0.588. The van der Waals surface area contributed by atoms with E-state index in [4.69, 9.17) is 9.47 Å². The smallest absolute Gasteiger partial charge is 0.243 e. The third kappa shape index (κ3) is 3.32. The summed E-state index contributed by atoms with van der Waals surface area (Å²) in [6, 6.07) is 4.25. The van der Waals surface area contributed by atoms with E-state index in [0.29, 0.717) is 44.1 Å². The molecule has 1 aliphatic carbocycles. The average molecular weight is 366 g/mol. The molecule has 0 spiro atoms. The van der Waals surface area contributed by atoms with Crippen molar-refractivity contribution in [1.29, 1.82) is 0 Å². The Morgan fingerprint density at radius 1 is 1.08 bits per heavy atom. The Bertz CT molecular complexity index is 775. The maximum absolute atomic E-state index is 13.1. The number of fused-ring (bicyclic) bond motifs is 1. The first-order valence-corrected chi connectivity index (χ1v) is 10.2. The lowest BCUT2D eigenvalue weighted by atomic mass is 10.2. The van der Waals surface area contributed by atoms with E-state index in [2.05, 4.69) is 5.32 Å². The van der Waals surface area contributed by atoms with Crippen LogP contribution in [0.15, 0.2) is 23.1 Å². The zero-order valence-electron chi connectivity index (χ0n) is 13.9. The fourth-order valence-electron chi connectivity index (χ4n) is 3.25. The molecule has 1 N–H and O–H groups in total. The van der Waals surface area contributed by atoms with Crippen LogP contribution in [0.25, 0.3) is 0 Å². The monoisotopic (exact) mass is 366 g/mol. The van der Waals surface area contributed by atoms with Gasteiger partial charge in [0.2, 0.25) is 15.9 Å². The van der Waals surface area contributed by atoms with Gasteiger partial charge in [-0.3, -0.25) is 4.79 Å². The van der Waals surface area contributed by atoms with Gasteiger partial charge in [0.25, 0.3) is 0 Å². The van der Waals surface area contributed by atoms with Gasteiger partial charge in [-0.2, -0.15) is 4.31 Å². The minimum Gasteiger partial charge on any atom is -0.490 e. The van der Waals surface area contributed by atoms with Crippen molar-refractivity contribution in [3.8, 4) is 11.5 Å². The minimum atomic E-state index is -3.76. The van der Waals surface area contributed by atoms with Crippen LogP contribution >= 0.6 is 0 Å². The lowest BCUT2D eigenvalue weighted by Gasteiger charge is -2.23. The topological polar surface area (TPSA) is 84.9 Å². The molecule has 1 aromatic rings. The number of carbonyl (C=O) groups excluding carboxylic acids is 1. The Hall–Kier alpha value is -1.80. The highest BCUT2D eigenvalue weighted by atomic mass is 32.2. The SMILES string of the molecule is O=C(NC1CC1)[C@@H]1CCCN1S(=O)(=O)c1ccc2c(c1)OCCCO2. The van der Waals surface area contributed by atoms with Gasteiger partial charge in [-0.25, -0.2) is 8.42 Å². The zero-order valence-corrected chi connectivity index (χ0v) is 14.8. The van der Waals surface area contributed by atoms with Crippen LogP contribution in [0.1, 0.15) is 32.1 Å². The molecule has 2 aliphatic heterocycles. The van der Waals surface area contributed by atoms with Crippen LogP contribution < -0.4 is 14.8 Å². The van der Waals surface area contributed by atoms with Gasteiger partial charge < -0.3 is 14.8 Å². The molecular formula is C17H22N2O5S. The third-order valence-electron chi connectivity index (χ3n) is 4.76. The van der Waals surface area contributed by atoms with E-state index < -0.39 is 16.1 Å². The molecule has 1 aromatic carbocycles. The van der Waals surface area contributed by atoms with Gasteiger partial charge in [0.1, 0.15) is 6.04 Å². The van der Waals surface area contributed by atoms with Gasteiger partial charge in [-0.15, -0.1) is 0 Å². The number of nitrogens with one attached hydrogen (secondary N) is 1. The Labute approximate surface area is 147 Å². The standard InChI is InChI=1S/C17H22N2O5S/c20-17(18-12-4-5-12)14-3-1-8-19(14)25(21,22)13-6-7-15-16(11-13)24-10-2-9-23-15/h6-7,11-12,14H,1-5,8-10H2,(H,18,20)/t14-/m0/s1. The quantitative estimate of drug-likeness (QED) is 0.868. The highest BCUT2D eigenvalue weighted by molar-refractivity contribution is 7.89. The molecule has 8 heteroatoms. The van der Waals surface area contributed by atoms with E-state index in [9.17, 15) is 13.2 Å². The predicted molar refractivity (Wildman–Crippen MR) is 90.1 cm³/mol. The maximum atomic E-state index is 13.1. The molecule has 7 nitrogen and oxygen atoms in total. The summed E-state index contributed by atoms with van der Waals surface area (Å²) in [5.74, 6) is 0.815. The summed E-state index contributed by atoms with van der Waals surface area (Å²) in [4.78, 5) is 12.5. The van der Waals surface area contributed by atoms with Gasteiger partial charge in [-0.05, 0) is 37.8 Å².